The van der Waals surface area contributed by atoms with Gasteiger partial charge in [-0.2, -0.15) is 0 Å². The molecule has 0 spiro atoms. The third-order valence-electron chi connectivity index (χ3n) is 4.86. The Morgan fingerprint density at radius 2 is 1.54 bits per heavy atom. The zero-order valence-electron chi connectivity index (χ0n) is 14.1. The lowest BCUT2D eigenvalue weighted by atomic mass is 9.64. The Labute approximate surface area is 142 Å². The van der Waals surface area contributed by atoms with Gasteiger partial charge < -0.3 is 10.6 Å². The summed E-state index contributed by atoms with van der Waals surface area (Å²) < 4.78 is 0. The van der Waals surface area contributed by atoms with Gasteiger partial charge in [0, 0.05) is 18.3 Å². The Balaban J connectivity index is 1.86. The Morgan fingerprint density at radius 1 is 0.917 bits per heavy atom. The molecule has 1 aliphatic rings. The number of hydrogen-bond acceptors (Lipinski definition) is 2. The van der Waals surface area contributed by atoms with Gasteiger partial charge in [0.2, 0.25) is 11.8 Å². The number of rotatable bonds is 4. The topological polar surface area (TPSA) is 58.2 Å². The van der Waals surface area contributed by atoms with Crippen LogP contribution in [0.4, 0.5) is 11.4 Å². The largest absolute Gasteiger partial charge is 0.326 e. The molecule has 4 nitrogen and oxygen atoms in total. The Bertz CT molecular complexity index is 764. The van der Waals surface area contributed by atoms with Crippen LogP contribution in [0.1, 0.15) is 37.3 Å². The van der Waals surface area contributed by atoms with E-state index < -0.39 is 5.41 Å². The van der Waals surface area contributed by atoms with Crippen molar-refractivity contribution < 1.29 is 9.59 Å². The first-order valence-corrected chi connectivity index (χ1v) is 8.27. The van der Waals surface area contributed by atoms with E-state index in [0.29, 0.717) is 0 Å². The Hall–Kier alpha value is -2.62. The quantitative estimate of drug-likeness (QED) is 0.893. The second-order valence-corrected chi connectivity index (χ2v) is 6.42. The van der Waals surface area contributed by atoms with Gasteiger partial charge in [0.05, 0.1) is 5.41 Å². The molecule has 1 fully saturated rings. The summed E-state index contributed by atoms with van der Waals surface area (Å²) in [6, 6.07) is 15.5. The molecule has 3 rings (SSSR count). The van der Waals surface area contributed by atoms with Gasteiger partial charge in [-0.05, 0) is 43.0 Å². The summed E-state index contributed by atoms with van der Waals surface area (Å²) in [5.74, 6) is -0.0932. The molecular weight excluding hydrogens is 300 g/mol. The summed E-state index contributed by atoms with van der Waals surface area (Å²) in [6.07, 6.45) is 2.80. The van der Waals surface area contributed by atoms with Gasteiger partial charge in [0.15, 0.2) is 0 Å². The van der Waals surface area contributed by atoms with Crippen LogP contribution in [-0.4, -0.2) is 11.8 Å². The van der Waals surface area contributed by atoms with Crippen molar-refractivity contribution in [3.05, 3.63) is 59.7 Å². The molecule has 0 aromatic heterocycles. The number of hydrogen-bond donors (Lipinski definition) is 2. The van der Waals surface area contributed by atoms with Crippen LogP contribution in [0.2, 0.25) is 0 Å². The van der Waals surface area contributed by atoms with Gasteiger partial charge in [-0.1, -0.05) is 42.8 Å². The van der Waals surface area contributed by atoms with E-state index in [4.69, 9.17) is 0 Å². The molecule has 0 aliphatic heterocycles. The number of anilines is 2. The first kappa shape index (κ1) is 16.2. The molecule has 0 radical (unpaired) electrons. The molecule has 2 amide bonds. The maximum atomic E-state index is 13.0. The molecule has 1 saturated carbocycles. The molecule has 0 heterocycles. The summed E-state index contributed by atoms with van der Waals surface area (Å²) in [7, 11) is 0. The predicted molar refractivity (Wildman–Crippen MR) is 96.1 cm³/mol. The summed E-state index contributed by atoms with van der Waals surface area (Å²) in [6.45, 7) is 3.38. The Morgan fingerprint density at radius 3 is 2.08 bits per heavy atom. The van der Waals surface area contributed by atoms with Crippen LogP contribution < -0.4 is 10.6 Å². The van der Waals surface area contributed by atoms with Gasteiger partial charge >= 0.3 is 0 Å². The van der Waals surface area contributed by atoms with E-state index >= 15 is 0 Å². The van der Waals surface area contributed by atoms with Crippen LogP contribution >= 0.6 is 0 Å². The predicted octanol–water partition coefficient (Wildman–Crippen LogP) is 4.01. The number of carbonyl (C=O) groups excluding carboxylic acids is 2. The second-order valence-electron chi connectivity index (χ2n) is 6.42. The third-order valence-corrected chi connectivity index (χ3v) is 4.86. The van der Waals surface area contributed by atoms with Gasteiger partial charge in [0.1, 0.15) is 0 Å². The minimum Gasteiger partial charge on any atom is -0.326 e. The van der Waals surface area contributed by atoms with Crippen molar-refractivity contribution in [3.63, 3.8) is 0 Å². The molecule has 24 heavy (non-hydrogen) atoms. The van der Waals surface area contributed by atoms with Crippen molar-refractivity contribution in [2.45, 2.75) is 38.5 Å². The van der Waals surface area contributed by atoms with Crippen molar-refractivity contribution in [1.29, 1.82) is 0 Å². The molecule has 2 N–H and O–H groups in total. The highest BCUT2D eigenvalue weighted by Gasteiger charge is 2.45. The summed E-state index contributed by atoms with van der Waals surface area (Å²) >= 11 is 0. The van der Waals surface area contributed by atoms with E-state index in [-0.39, 0.29) is 11.8 Å². The van der Waals surface area contributed by atoms with Crippen molar-refractivity contribution in [2.75, 3.05) is 10.6 Å². The van der Waals surface area contributed by atoms with Gasteiger partial charge in [-0.15, -0.1) is 0 Å². The zero-order valence-corrected chi connectivity index (χ0v) is 14.1. The maximum Gasteiger partial charge on any atom is 0.235 e. The van der Waals surface area contributed by atoms with Crippen molar-refractivity contribution >= 4 is 23.2 Å². The second kappa shape index (κ2) is 6.48. The lowest BCUT2D eigenvalue weighted by molar-refractivity contribution is -0.124. The number of carbonyl (C=O) groups is 2. The van der Waals surface area contributed by atoms with Crippen LogP contribution in [0.15, 0.2) is 48.5 Å². The molecular formula is C20H22N2O2. The highest BCUT2D eigenvalue weighted by atomic mass is 16.2. The molecule has 2 aromatic rings. The summed E-state index contributed by atoms with van der Waals surface area (Å²) in [5.41, 5.74) is 2.97. The average molecular weight is 322 g/mol. The van der Waals surface area contributed by atoms with E-state index in [1.165, 1.54) is 6.92 Å². The van der Waals surface area contributed by atoms with E-state index in [9.17, 15) is 9.59 Å². The standard InChI is InChI=1S/C20H22N2O2/c1-14-17(21-15(2)23)10-6-11-18(14)22-19(24)20(12-7-13-20)16-8-4-3-5-9-16/h3-6,8-11H,7,12-13H2,1-2H3,(H,21,23)(H,22,24). The monoisotopic (exact) mass is 322 g/mol. The third kappa shape index (κ3) is 2.92. The lowest BCUT2D eigenvalue weighted by Crippen LogP contribution is -2.46. The number of nitrogens with one attached hydrogen (secondary N) is 2. The highest BCUT2D eigenvalue weighted by molar-refractivity contribution is 6.01. The van der Waals surface area contributed by atoms with E-state index in [0.717, 1.165) is 41.8 Å². The first-order valence-electron chi connectivity index (χ1n) is 8.27. The fourth-order valence-corrected chi connectivity index (χ4v) is 3.27. The molecule has 2 aromatic carbocycles. The van der Waals surface area contributed by atoms with Gasteiger partial charge in [0.25, 0.3) is 0 Å². The smallest absolute Gasteiger partial charge is 0.235 e. The molecule has 0 unspecified atom stereocenters. The molecule has 124 valence electrons. The molecule has 0 bridgehead atoms. The highest BCUT2D eigenvalue weighted by Crippen LogP contribution is 2.44. The SMILES string of the molecule is CC(=O)Nc1cccc(NC(=O)C2(c3ccccc3)CCC2)c1C. The lowest BCUT2D eigenvalue weighted by Gasteiger charge is -2.40. The first-order chi connectivity index (χ1) is 11.5. The molecule has 0 saturated heterocycles. The van der Waals surface area contributed by atoms with Crippen molar-refractivity contribution in [3.8, 4) is 0 Å². The molecule has 0 atom stereocenters. The molecule has 1 aliphatic carbocycles. The summed E-state index contributed by atoms with van der Waals surface area (Å²) in [4.78, 5) is 24.3. The fourth-order valence-electron chi connectivity index (χ4n) is 3.27. The van der Waals surface area contributed by atoms with Gasteiger partial charge in [-0.25, -0.2) is 0 Å². The maximum absolute atomic E-state index is 13.0. The minimum absolute atomic E-state index is 0.0306. The van der Waals surface area contributed by atoms with Crippen LogP contribution in [0.5, 0.6) is 0 Å². The zero-order chi connectivity index (χ0) is 17.2. The van der Waals surface area contributed by atoms with Crippen molar-refractivity contribution in [1.82, 2.24) is 0 Å². The van der Waals surface area contributed by atoms with Crippen LogP contribution in [0, 0.1) is 6.92 Å². The van der Waals surface area contributed by atoms with E-state index in [2.05, 4.69) is 10.6 Å². The minimum atomic E-state index is -0.433. The molecule has 4 heteroatoms. The van der Waals surface area contributed by atoms with E-state index in [1.54, 1.807) is 0 Å². The van der Waals surface area contributed by atoms with Crippen LogP contribution in [0.25, 0.3) is 0 Å². The van der Waals surface area contributed by atoms with Crippen LogP contribution in [-0.2, 0) is 15.0 Å². The van der Waals surface area contributed by atoms with E-state index in [1.807, 2.05) is 55.5 Å². The van der Waals surface area contributed by atoms with Gasteiger partial charge in [-0.3, -0.25) is 9.59 Å². The number of amides is 2. The Kier molecular flexibility index (Phi) is 4.38. The van der Waals surface area contributed by atoms with Crippen molar-refractivity contribution in [2.24, 2.45) is 0 Å². The van der Waals surface area contributed by atoms with Crippen LogP contribution in [0.3, 0.4) is 0 Å². The average Bonchev–Trinajstić information content (AvgIpc) is 2.51. The normalized spacial score (nSPS) is 15.2. The summed E-state index contributed by atoms with van der Waals surface area (Å²) in [5, 5.41) is 5.87. The number of benzene rings is 2. The fraction of sp³-hybridized carbons (Fsp3) is 0.300.